The standard InChI is InChI=1S/C25H37N5O/c1-20-6-8-22(9-7-20)25(12-4-3-5-13-25)17-29-14-10-23(11-15-29)28-24(31)16-21(2)30-19-26-18-27-30/h6-9,18-19,21,23H,3-5,10-17H2,1-2H3,(H,28,31). The molecule has 4 rings (SSSR count). The second-order valence-corrected chi connectivity index (χ2v) is 9.75. The fourth-order valence-corrected chi connectivity index (χ4v) is 5.43. The third kappa shape index (κ3) is 5.53. The molecular formula is C25H37N5O. The average molecular weight is 424 g/mol. The Kier molecular flexibility index (Phi) is 7.06. The van der Waals surface area contributed by atoms with Crippen molar-refractivity contribution in [3.63, 3.8) is 0 Å². The number of rotatable bonds is 7. The smallest absolute Gasteiger partial charge is 0.222 e. The summed E-state index contributed by atoms with van der Waals surface area (Å²) in [5, 5.41) is 7.39. The van der Waals surface area contributed by atoms with Crippen molar-refractivity contribution in [2.75, 3.05) is 19.6 Å². The first-order chi connectivity index (χ1) is 15.0. The zero-order valence-electron chi connectivity index (χ0n) is 19.1. The third-order valence-corrected chi connectivity index (χ3v) is 7.32. The van der Waals surface area contributed by atoms with Crippen molar-refractivity contribution < 1.29 is 4.79 Å². The van der Waals surface area contributed by atoms with E-state index in [-0.39, 0.29) is 18.0 Å². The van der Waals surface area contributed by atoms with E-state index in [0.717, 1.165) is 32.5 Å². The molecule has 1 amide bonds. The number of likely N-dealkylation sites (tertiary alicyclic amines) is 1. The largest absolute Gasteiger partial charge is 0.353 e. The van der Waals surface area contributed by atoms with Gasteiger partial charge in [-0.2, -0.15) is 5.10 Å². The van der Waals surface area contributed by atoms with E-state index >= 15 is 0 Å². The summed E-state index contributed by atoms with van der Waals surface area (Å²) >= 11 is 0. The monoisotopic (exact) mass is 423 g/mol. The Morgan fingerprint density at radius 2 is 1.87 bits per heavy atom. The molecule has 2 heterocycles. The average Bonchev–Trinajstić information content (AvgIpc) is 3.31. The van der Waals surface area contributed by atoms with E-state index in [0.29, 0.717) is 11.8 Å². The van der Waals surface area contributed by atoms with Gasteiger partial charge in [0.05, 0.1) is 6.04 Å². The fourth-order valence-electron chi connectivity index (χ4n) is 5.43. The minimum absolute atomic E-state index is 0.0308. The first-order valence-corrected chi connectivity index (χ1v) is 12.0. The molecule has 1 saturated carbocycles. The van der Waals surface area contributed by atoms with Crippen LogP contribution < -0.4 is 5.32 Å². The van der Waals surface area contributed by atoms with Crippen molar-refractivity contribution in [3.05, 3.63) is 48.0 Å². The van der Waals surface area contributed by atoms with Crippen LogP contribution in [-0.4, -0.2) is 51.2 Å². The minimum atomic E-state index is 0.0308. The Hall–Kier alpha value is -2.21. The summed E-state index contributed by atoms with van der Waals surface area (Å²) < 4.78 is 1.75. The lowest BCUT2D eigenvalue weighted by Crippen LogP contribution is -2.49. The maximum Gasteiger partial charge on any atom is 0.222 e. The predicted octanol–water partition coefficient (Wildman–Crippen LogP) is 4.02. The molecule has 2 aromatic rings. The van der Waals surface area contributed by atoms with Crippen LogP contribution in [-0.2, 0) is 10.2 Å². The normalized spacial score (nSPS) is 21.0. The van der Waals surface area contributed by atoms with Crippen LogP contribution in [0.2, 0.25) is 0 Å². The Balaban J connectivity index is 1.29. The van der Waals surface area contributed by atoms with Crippen molar-refractivity contribution in [2.45, 2.75) is 82.7 Å². The number of nitrogens with one attached hydrogen (secondary N) is 1. The highest BCUT2D eigenvalue weighted by Gasteiger charge is 2.36. The van der Waals surface area contributed by atoms with Crippen molar-refractivity contribution >= 4 is 5.91 Å². The molecule has 0 radical (unpaired) electrons. The van der Waals surface area contributed by atoms with Gasteiger partial charge in [-0.05, 0) is 45.1 Å². The number of carbonyl (C=O) groups excluding carboxylic acids is 1. The van der Waals surface area contributed by atoms with Gasteiger partial charge in [0.25, 0.3) is 0 Å². The summed E-state index contributed by atoms with van der Waals surface area (Å²) in [4.78, 5) is 19.1. The zero-order chi connectivity index (χ0) is 21.7. The third-order valence-electron chi connectivity index (χ3n) is 7.32. The molecule has 1 aromatic heterocycles. The van der Waals surface area contributed by atoms with Gasteiger partial charge in [-0.3, -0.25) is 4.79 Å². The van der Waals surface area contributed by atoms with E-state index in [1.54, 1.807) is 11.0 Å². The van der Waals surface area contributed by atoms with Gasteiger partial charge in [0.2, 0.25) is 5.91 Å². The molecule has 1 N–H and O–H groups in total. The van der Waals surface area contributed by atoms with Gasteiger partial charge in [0, 0.05) is 37.5 Å². The molecule has 1 unspecified atom stereocenters. The van der Waals surface area contributed by atoms with Gasteiger partial charge in [-0.1, -0.05) is 49.1 Å². The van der Waals surface area contributed by atoms with Crippen LogP contribution in [0.4, 0.5) is 0 Å². The van der Waals surface area contributed by atoms with Crippen LogP contribution in [0.15, 0.2) is 36.9 Å². The number of amides is 1. The van der Waals surface area contributed by atoms with Crippen molar-refractivity contribution in [1.82, 2.24) is 25.0 Å². The second-order valence-electron chi connectivity index (χ2n) is 9.75. The molecule has 1 aliphatic carbocycles. The fraction of sp³-hybridized carbons (Fsp3) is 0.640. The molecule has 2 fully saturated rings. The van der Waals surface area contributed by atoms with Crippen LogP contribution in [0, 0.1) is 6.92 Å². The number of aryl methyl sites for hydroxylation is 1. The maximum atomic E-state index is 12.5. The Morgan fingerprint density at radius 1 is 1.16 bits per heavy atom. The van der Waals surface area contributed by atoms with Crippen LogP contribution in [0.1, 0.15) is 75.5 Å². The summed E-state index contributed by atoms with van der Waals surface area (Å²) in [6.45, 7) is 7.46. The number of hydrogen-bond donors (Lipinski definition) is 1. The lowest BCUT2D eigenvalue weighted by Gasteiger charge is -2.44. The van der Waals surface area contributed by atoms with Crippen LogP contribution in [0.3, 0.4) is 0 Å². The van der Waals surface area contributed by atoms with Crippen LogP contribution >= 0.6 is 0 Å². The maximum absolute atomic E-state index is 12.5. The molecular weight excluding hydrogens is 386 g/mol. The topological polar surface area (TPSA) is 63.1 Å². The molecule has 2 aliphatic rings. The van der Waals surface area contributed by atoms with Gasteiger partial charge in [-0.15, -0.1) is 0 Å². The van der Waals surface area contributed by atoms with Crippen molar-refractivity contribution in [1.29, 1.82) is 0 Å². The highest BCUT2D eigenvalue weighted by Crippen LogP contribution is 2.40. The lowest BCUT2D eigenvalue weighted by atomic mass is 9.69. The van der Waals surface area contributed by atoms with Gasteiger partial charge >= 0.3 is 0 Å². The Labute approximate surface area is 186 Å². The summed E-state index contributed by atoms with van der Waals surface area (Å²) in [6, 6.07) is 9.59. The highest BCUT2D eigenvalue weighted by molar-refractivity contribution is 5.76. The number of aromatic nitrogens is 3. The first-order valence-electron chi connectivity index (χ1n) is 12.0. The van der Waals surface area contributed by atoms with Gasteiger partial charge in [-0.25, -0.2) is 9.67 Å². The molecule has 168 valence electrons. The van der Waals surface area contributed by atoms with Gasteiger partial charge < -0.3 is 10.2 Å². The van der Waals surface area contributed by atoms with E-state index in [1.807, 2.05) is 6.92 Å². The molecule has 6 nitrogen and oxygen atoms in total. The van der Waals surface area contributed by atoms with Gasteiger partial charge in [0.1, 0.15) is 12.7 Å². The molecule has 6 heteroatoms. The van der Waals surface area contributed by atoms with E-state index in [4.69, 9.17) is 0 Å². The van der Waals surface area contributed by atoms with Crippen LogP contribution in [0.25, 0.3) is 0 Å². The predicted molar refractivity (Wildman–Crippen MR) is 123 cm³/mol. The number of hydrogen-bond acceptors (Lipinski definition) is 4. The summed E-state index contributed by atoms with van der Waals surface area (Å²) in [5.41, 5.74) is 3.16. The highest BCUT2D eigenvalue weighted by atomic mass is 16.1. The first kappa shape index (κ1) is 22.0. The number of piperidine rings is 1. The van der Waals surface area contributed by atoms with Crippen LogP contribution in [0.5, 0.6) is 0 Å². The van der Waals surface area contributed by atoms with Crippen molar-refractivity contribution in [2.24, 2.45) is 0 Å². The molecule has 1 atom stereocenters. The molecule has 31 heavy (non-hydrogen) atoms. The lowest BCUT2D eigenvalue weighted by molar-refractivity contribution is -0.122. The summed E-state index contributed by atoms with van der Waals surface area (Å²) in [7, 11) is 0. The molecule has 1 aromatic carbocycles. The molecule has 0 spiro atoms. The minimum Gasteiger partial charge on any atom is -0.353 e. The second kappa shape index (κ2) is 9.94. The summed E-state index contributed by atoms with van der Waals surface area (Å²) in [5.74, 6) is 0.116. The number of benzene rings is 1. The zero-order valence-corrected chi connectivity index (χ0v) is 19.1. The van der Waals surface area contributed by atoms with Gasteiger partial charge in [0.15, 0.2) is 0 Å². The van der Waals surface area contributed by atoms with E-state index in [1.165, 1.54) is 49.6 Å². The van der Waals surface area contributed by atoms with E-state index in [2.05, 4.69) is 51.5 Å². The molecule has 0 bridgehead atoms. The van der Waals surface area contributed by atoms with E-state index < -0.39 is 0 Å². The number of carbonyl (C=O) groups is 1. The van der Waals surface area contributed by atoms with Crippen molar-refractivity contribution in [3.8, 4) is 0 Å². The molecule has 1 saturated heterocycles. The SMILES string of the molecule is Cc1ccc(C2(CN3CCC(NC(=O)CC(C)n4cncn4)CC3)CCCCC2)cc1. The van der Waals surface area contributed by atoms with E-state index in [9.17, 15) is 4.79 Å². The Bertz CT molecular complexity index is 818. The number of nitrogens with zero attached hydrogens (tertiary/aromatic N) is 4. The quantitative estimate of drug-likeness (QED) is 0.731. The summed E-state index contributed by atoms with van der Waals surface area (Å²) in [6.07, 6.45) is 12.3. The molecule has 1 aliphatic heterocycles. The Morgan fingerprint density at radius 3 is 2.52 bits per heavy atom.